The lowest BCUT2D eigenvalue weighted by Crippen LogP contribution is -2.50. The van der Waals surface area contributed by atoms with Crippen LogP contribution in [0.5, 0.6) is 0 Å². The smallest absolute Gasteiger partial charge is 0.0786 e. The maximum Gasteiger partial charge on any atom is 0.0786 e. The second-order valence-electron chi connectivity index (χ2n) is 6.14. The predicted molar refractivity (Wildman–Crippen MR) is 105 cm³/mol. The zero-order valence-corrected chi connectivity index (χ0v) is 18.1. The number of nitrogens with zero attached hydrogens (tertiary/aromatic N) is 1. The fourth-order valence-corrected chi connectivity index (χ4v) is 2.64. The summed E-state index contributed by atoms with van der Waals surface area (Å²) in [6.45, 7) is 16.0. The van der Waals surface area contributed by atoms with Gasteiger partial charge in [0, 0.05) is 5.97 Å². The van der Waals surface area contributed by atoms with E-state index in [-0.39, 0.29) is 23.1 Å². The number of carbonyl (C=O) groups is 1. The second-order valence-corrected chi connectivity index (χ2v) is 6.14. The summed E-state index contributed by atoms with van der Waals surface area (Å²) in [6.07, 6.45) is 11.1. The fraction of sp³-hybridized carbons (Fsp3) is 0.944. The van der Waals surface area contributed by atoms with E-state index in [0.29, 0.717) is 0 Å². The molecule has 23 heavy (non-hydrogen) atoms. The van der Waals surface area contributed by atoms with Crippen LogP contribution in [0.1, 0.15) is 86.0 Å². The molecule has 0 aliphatic carbocycles. The van der Waals surface area contributed by atoms with E-state index in [9.17, 15) is 0 Å². The van der Waals surface area contributed by atoms with Crippen molar-refractivity contribution in [1.29, 1.82) is 0 Å². The number of rotatable bonds is 12. The molecule has 0 bridgehead atoms. The van der Waals surface area contributed by atoms with E-state index in [1.54, 1.807) is 0 Å². The molecule has 0 amide bonds. The second kappa shape index (κ2) is 21.9. The van der Waals surface area contributed by atoms with Gasteiger partial charge < -0.3 is 20.5 Å². The Morgan fingerprint density at radius 1 is 0.739 bits per heavy atom. The Hall–Kier alpha value is -0.130. The normalized spacial score (nSPS) is 9.96. The third-order valence-corrected chi connectivity index (χ3v) is 3.94. The molecule has 0 heterocycles. The van der Waals surface area contributed by atoms with Crippen LogP contribution in [0.2, 0.25) is 0 Å². The first-order valence-corrected chi connectivity index (χ1v) is 9.00. The van der Waals surface area contributed by atoms with Crippen molar-refractivity contribution in [2.24, 2.45) is 0 Å². The highest BCUT2D eigenvalue weighted by Gasteiger charge is 2.24. The third-order valence-electron chi connectivity index (χ3n) is 3.94. The van der Waals surface area contributed by atoms with Crippen LogP contribution >= 0.6 is 17.0 Å². The fourth-order valence-electron chi connectivity index (χ4n) is 2.64. The number of quaternary nitrogens is 1. The van der Waals surface area contributed by atoms with Crippen LogP contribution in [0, 0.1) is 0 Å². The van der Waals surface area contributed by atoms with Crippen LogP contribution in [0.4, 0.5) is 0 Å². The number of carboxylic acid groups (broad SMARTS) is 1. The molecule has 0 aromatic heterocycles. The largest absolute Gasteiger partial charge is 0.550 e. The number of hydrogen-bond acceptors (Lipinski definition) is 3. The van der Waals surface area contributed by atoms with E-state index < -0.39 is 5.97 Å². The minimum absolute atomic E-state index is 0. The average Bonchev–Trinajstić information content (AvgIpc) is 2.45. The highest BCUT2D eigenvalue weighted by Crippen LogP contribution is 2.16. The number of unbranched alkanes of at least 4 members (excludes halogenated alkanes) is 4. The highest BCUT2D eigenvalue weighted by atomic mass is 79.9. The molecule has 0 aromatic rings. The van der Waals surface area contributed by atoms with E-state index in [0.717, 1.165) is 6.92 Å². The van der Waals surface area contributed by atoms with Crippen LogP contribution in [-0.4, -0.2) is 36.6 Å². The van der Waals surface area contributed by atoms with Crippen molar-refractivity contribution >= 4 is 23.0 Å². The number of hydrogen-bond donors (Lipinski definition) is 1. The summed E-state index contributed by atoms with van der Waals surface area (Å²) in [6, 6.07) is 0. The monoisotopic (exact) mass is 398 g/mol. The van der Waals surface area contributed by atoms with Gasteiger partial charge in [-0.1, -0.05) is 53.4 Å². The van der Waals surface area contributed by atoms with E-state index in [1.807, 2.05) is 0 Å². The van der Waals surface area contributed by atoms with Crippen molar-refractivity contribution in [2.45, 2.75) is 86.0 Å². The average molecular weight is 399 g/mol. The summed E-state index contributed by atoms with van der Waals surface area (Å²) in [4.78, 5) is 8.89. The van der Waals surface area contributed by atoms with E-state index in [4.69, 9.17) is 9.90 Å². The number of aliphatic carboxylic acids is 1. The van der Waals surface area contributed by atoms with Crippen molar-refractivity contribution < 1.29 is 14.4 Å². The van der Waals surface area contributed by atoms with E-state index >= 15 is 0 Å². The van der Waals surface area contributed by atoms with Gasteiger partial charge in [0.2, 0.25) is 0 Å². The molecule has 0 atom stereocenters. The summed E-state index contributed by atoms with van der Waals surface area (Å²) in [7, 11) is 0. The molecule has 0 radical (unpaired) electrons. The maximum absolute atomic E-state index is 8.89. The minimum Gasteiger partial charge on any atom is -0.550 e. The number of carboxylic acids is 1. The standard InChI is InChI=1S/C16H36N.C2H4O2.BrH.H3N/c1-5-9-13-17(14-10-6-2,15-11-7-3)16-12-8-4;1-2(3)4;;/h5-16H2,1-4H3;1H3,(H,3,4);1H;1H3/q+1;;;/p-1. The molecule has 4 nitrogen and oxygen atoms in total. The van der Waals surface area contributed by atoms with Crippen molar-refractivity contribution in [1.82, 2.24) is 6.15 Å². The van der Waals surface area contributed by atoms with Gasteiger partial charge in [-0.25, -0.2) is 0 Å². The lowest BCUT2D eigenvalue weighted by Gasteiger charge is -2.39. The third kappa shape index (κ3) is 21.9. The lowest BCUT2D eigenvalue weighted by atomic mass is 10.1. The van der Waals surface area contributed by atoms with Gasteiger partial charge in [-0.05, 0) is 32.6 Å². The van der Waals surface area contributed by atoms with Gasteiger partial charge in [0.1, 0.15) is 0 Å². The zero-order valence-electron chi connectivity index (χ0n) is 16.4. The van der Waals surface area contributed by atoms with Gasteiger partial charge in [0.05, 0.1) is 26.2 Å². The quantitative estimate of drug-likeness (QED) is 0.491. The summed E-state index contributed by atoms with van der Waals surface area (Å²) < 4.78 is 1.42. The van der Waals surface area contributed by atoms with Gasteiger partial charge in [0.15, 0.2) is 0 Å². The first kappa shape index (κ1) is 30.7. The Bertz CT molecular complexity index is 198. The van der Waals surface area contributed by atoms with Crippen molar-refractivity contribution in [3.05, 3.63) is 0 Å². The molecule has 0 aliphatic rings. The SMILES string of the molecule is Br.CC(=O)[O-].CCCC[N+](CCCC)(CCCC)CCCC.N. The molecule has 0 rings (SSSR count). The minimum atomic E-state index is -1.08. The molecule has 0 aromatic carbocycles. The first-order chi connectivity index (χ1) is 9.97. The van der Waals surface area contributed by atoms with Gasteiger partial charge in [0.25, 0.3) is 0 Å². The summed E-state index contributed by atoms with van der Waals surface area (Å²) in [5.41, 5.74) is 0. The molecule has 0 unspecified atom stereocenters. The topological polar surface area (TPSA) is 75.1 Å². The van der Waals surface area contributed by atoms with E-state index in [1.165, 1.54) is 82.0 Å². The van der Waals surface area contributed by atoms with Crippen LogP contribution in [-0.2, 0) is 4.79 Å². The van der Waals surface area contributed by atoms with E-state index in [2.05, 4.69) is 27.7 Å². The molecule has 144 valence electrons. The molecular weight excluding hydrogens is 356 g/mol. The maximum atomic E-state index is 8.89. The Balaban J connectivity index is -0.000000268. The van der Waals surface area contributed by atoms with Gasteiger partial charge in [-0.15, -0.1) is 17.0 Å². The van der Waals surface area contributed by atoms with Crippen LogP contribution in [0.25, 0.3) is 0 Å². The molecular formula is C18H43BrN2O2. The summed E-state index contributed by atoms with van der Waals surface area (Å²) in [5, 5.41) is 8.89. The molecule has 0 aliphatic heterocycles. The number of halogens is 1. The highest BCUT2D eigenvalue weighted by molar-refractivity contribution is 8.93. The lowest BCUT2D eigenvalue weighted by molar-refractivity contribution is -0.929. The van der Waals surface area contributed by atoms with Crippen molar-refractivity contribution in [3.8, 4) is 0 Å². The van der Waals surface area contributed by atoms with Gasteiger partial charge in [-0.3, -0.25) is 0 Å². The Kier molecular flexibility index (Phi) is 29.2. The zero-order chi connectivity index (χ0) is 16.6. The molecule has 0 saturated heterocycles. The van der Waals surface area contributed by atoms with Crippen LogP contribution in [0.15, 0.2) is 0 Å². The Labute approximate surface area is 156 Å². The molecule has 0 fully saturated rings. The summed E-state index contributed by atoms with van der Waals surface area (Å²) in [5.74, 6) is -1.08. The van der Waals surface area contributed by atoms with Crippen molar-refractivity contribution in [3.63, 3.8) is 0 Å². The molecule has 3 N–H and O–H groups in total. The van der Waals surface area contributed by atoms with Crippen LogP contribution < -0.4 is 11.3 Å². The predicted octanol–water partition coefficient (Wildman–Crippen LogP) is 4.50. The Morgan fingerprint density at radius 3 is 1.04 bits per heavy atom. The Morgan fingerprint density at radius 2 is 0.913 bits per heavy atom. The van der Waals surface area contributed by atoms with Gasteiger partial charge in [-0.2, -0.15) is 0 Å². The number of carbonyl (C=O) groups excluding carboxylic acids is 1. The van der Waals surface area contributed by atoms with Crippen LogP contribution in [0.3, 0.4) is 0 Å². The first-order valence-electron chi connectivity index (χ1n) is 9.00. The van der Waals surface area contributed by atoms with Crippen molar-refractivity contribution in [2.75, 3.05) is 26.2 Å². The molecule has 0 spiro atoms. The molecule has 0 saturated carbocycles. The van der Waals surface area contributed by atoms with Gasteiger partial charge >= 0.3 is 0 Å². The summed E-state index contributed by atoms with van der Waals surface area (Å²) >= 11 is 0. The molecule has 5 heteroatoms.